The Balaban J connectivity index is 1.79. The highest BCUT2D eigenvalue weighted by atomic mass is 16.5. The first-order valence-corrected chi connectivity index (χ1v) is 8.32. The predicted molar refractivity (Wildman–Crippen MR) is 96.5 cm³/mol. The molecule has 1 aliphatic heterocycles. The molecule has 4 heteroatoms. The summed E-state index contributed by atoms with van der Waals surface area (Å²) in [5, 5.41) is 8.34. The van der Waals surface area contributed by atoms with Crippen molar-refractivity contribution >= 4 is 5.69 Å². The van der Waals surface area contributed by atoms with Gasteiger partial charge in [0.25, 0.3) is 0 Å². The molecule has 3 aromatic rings. The summed E-state index contributed by atoms with van der Waals surface area (Å²) in [7, 11) is 0. The van der Waals surface area contributed by atoms with Gasteiger partial charge in [-0.3, -0.25) is 0 Å². The van der Waals surface area contributed by atoms with Crippen molar-refractivity contribution in [2.24, 2.45) is 0 Å². The minimum Gasteiger partial charge on any atom is -0.494 e. The molecule has 2 aromatic carbocycles. The highest BCUT2D eigenvalue weighted by Crippen LogP contribution is 2.39. The lowest BCUT2D eigenvalue weighted by Crippen LogP contribution is -2.25. The molecule has 1 N–H and O–H groups in total. The second-order valence-corrected chi connectivity index (χ2v) is 6.21. The minimum atomic E-state index is -0.0143. The first-order valence-electron chi connectivity index (χ1n) is 8.32. The number of nitrogens with one attached hydrogen (secondary N) is 1. The van der Waals surface area contributed by atoms with Gasteiger partial charge in [-0.05, 0) is 56.7 Å². The van der Waals surface area contributed by atoms with Crippen molar-refractivity contribution in [3.63, 3.8) is 0 Å². The van der Waals surface area contributed by atoms with Crippen molar-refractivity contribution in [2.75, 3.05) is 11.9 Å². The van der Waals surface area contributed by atoms with Crippen LogP contribution in [0, 0.1) is 13.8 Å². The first-order chi connectivity index (χ1) is 11.7. The number of ether oxygens (including phenoxy) is 1. The van der Waals surface area contributed by atoms with Crippen LogP contribution >= 0.6 is 0 Å². The molecule has 1 atom stereocenters. The van der Waals surface area contributed by atoms with E-state index in [1.165, 1.54) is 11.1 Å². The van der Waals surface area contributed by atoms with Crippen LogP contribution in [0.1, 0.15) is 29.9 Å². The van der Waals surface area contributed by atoms with Gasteiger partial charge in [-0.15, -0.1) is 0 Å². The monoisotopic (exact) mass is 319 g/mol. The van der Waals surface area contributed by atoms with Crippen molar-refractivity contribution in [3.05, 3.63) is 65.4 Å². The number of fused-ring (bicyclic) bond motifs is 3. The van der Waals surface area contributed by atoms with Crippen LogP contribution in [-0.4, -0.2) is 16.4 Å². The Kier molecular flexibility index (Phi) is 3.53. The summed E-state index contributed by atoms with van der Waals surface area (Å²) in [4.78, 5) is 0. The molecule has 1 aliphatic rings. The summed E-state index contributed by atoms with van der Waals surface area (Å²) < 4.78 is 7.62. The maximum Gasteiger partial charge on any atom is 0.147 e. The SMILES string of the molecule is CCOc1ccc([C@H]2Nc3ccc(C)cc3-c3cc(C)nn32)cc1. The number of aromatic nitrogens is 2. The van der Waals surface area contributed by atoms with E-state index in [2.05, 4.69) is 53.3 Å². The van der Waals surface area contributed by atoms with Gasteiger partial charge in [0.1, 0.15) is 11.9 Å². The molecule has 0 saturated heterocycles. The Bertz CT molecular complexity index is 880. The van der Waals surface area contributed by atoms with Crippen molar-refractivity contribution in [1.29, 1.82) is 0 Å². The molecule has 0 aliphatic carbocycles. The topological polar surface area (TPSA) is 39.1 Å². The highest BCUT2D eigenvalue weighted by Gasteiger charge is 2.26. The van der Waals surface area contributed by atoms with Crippen molar-refractivity contribution in [1.82, 2.24) is 9.78 Å². The Labute approximate surface area is 142 Å². The first kappa shape index (κ1) is 14.8. The molecule has 0 spiro atoms. The smallest absolute Gasteiger partial charge is 0.147 e. The van der Waals surface area contributed by atoms with Crippen molar-refractivity contribution in [2.45, 2.75) is 26.9 Å². The van der Waals surface area contributed by atoms with E-state index >= 15 is 0 Å². The van der Waals surface area contributed by atoms with E-state index in [-0.39, 0.29) is 6.17 Å². The summed E-state index contributed by atoms with van der Waals surface area (Å²) in [6.07, 6.45) is -0.0143. The van der Waals surface area contributed by atoms with E-state index in [0.29, 0.717) is 6.61 Å². The average Bonchev–Trinajstić information content (AvgIpc) is 2.97. The number of anilines is 1. The number of hydrogen-bond acceptors (Lipinski definition) is 3. The lowest BCUT2D eigenvalue weighted by molar-refractivity contribution is 0.340. The van der Waals surface area contributed by atoms with Gasteiger partial charge in [-0.2, -0.15) is 5.10 Å². The van der Waals surface area contributed by atoms with Gasteiger partial charge in [0.2, 0.25) is 0 Å². The predicted octanol–water partition coefficient (Wildman–Crippen LogP) is 4.54. The lowest BCUT2D eigenvalue weighted by atomic mass is 10.0. The molecule has 0 unspecified atom stereocenters. The minimum absolute atomic E-state index is 0.0143. The average molecular weight is 319 g/mol. The maximum atomic E-state index is 5.55. The van der Waals surface area contributed by atoms with Crippen LogP contribution in [0.3, 0.4) is 0 Å². The Morgan fingerprint density at radius 2 is 1.88 bits per heavy atom. The zero-order chi connectivity index (χ0) is 16.7. The Morgan fingerprint density at radius 1 is 1.08 bits per heavy atom. The zero-order valence-corrected chi connectivity index (χ0v) is 14.2. The fourth-order valence-corrected chi connectivity index (χ4v) is 3.26. The number of nitrogens with zero attached hydrogens (tertiary/aromatic N) is 2. The maximum absolute atomic E-state index is 5.55. The molecule has 24 heavy (non-hydrogen) atoms. The molecular weight excluding hydrogens is 298 g/mol. The number of benzene rings is 2. The summed E-state index contributed by atoms with van der Waals surface area (Å²) in [6.45, 7) is 6.83. The second kappa shape index (κ2) is 5.71. The van der Waals surface area contributed by atoms with E-state index in [0.717, 1.165) is 28.4 Å². The molecule has 1 aromatic heterocycles. The van der Waals surface area contributed by atoms with E-state index in [4.69, 9.17) is 9.84 Å². The van der Waals surface area contributed by atoms with Gasteiger partial charge >= 0.3 is 0 Å². The van der Waals surface area contributed by atoms with Gasteiger partial charge in [0, 0.05) is 11.3 Å². The number of hydrogen-bond donors (Lipinski definition) is 1. The highest BCUT2D eigenvalue weighted by molar-refractivity contribution is 5.79. The lowest BCUT2D eigenvalue weighted by Gasteiger charge is -2.29. The molecule has 0 fully saturated rings. The molecule has 122 valence electrons. The van der Waals surface area contributed by atoms with E-state index in [1.807, 2.05) is 26.0 Å². The summed E-state index contributed by atoms with van der Waals surface area (Å²) in [5.41, 5.74) is 6.94. The standard InChI is InChI=1S/C20H21N3O/c1-4-24-16-8-6-15(7-9-16)20-21-18-10-5-13(2)11-17(18)19-12-14(3)22-23(19)20/h5-12,20-21H,4H2,1-3H3/t20-/m0/s1. The van der Waals surface area contributed by atoms with Gasteiger partial charge in [-0.1, -0.05) is 23.8 Å². The quantitative estimate of drug-likeness (QED) is 0.770. The van der Waals surface area contributed by atoms with Crippen LogP contribution in [0.5, 0.6) is 5.75 Å². The summed E-state index contributed by atoms with van der Waals surface area (Å²) in [5.74, 6) is 0.893. The summed E-state index contributed by atoms with van der Waals surface area (Å²) in [6, 6.07) is 16.9. The van der Waals surface area contributed by atoms with Crippen LogP contribution in [0.15, 0.2) is 48.5 Å². The van der Waals surface area contributed by atoms with E-state index in [1.54, 1.807) is 0 Å². The summed E-state index contributed by atoms with van der Waals surface area (Å²) >= 11 is 0. The largest absolute Gasteiger partial charge is 0.494 e. The van der Waals surface area contributed by atoms with Gasteiger partial charge in [0.05, 0.1) is 18.0 Å². The third-order valence-corrected chi connectivity index (χ3v) is 4.35. The van der Waals surface area contributed by atoms with E-state index < -0.39 is 0 Å². The molecule has 4 nitrogen and oxygen atoms in total. The molecule has 0 radical (unpaired) electrons. The third-order valence-electron chi connectivity index (χ3n) is 4.35. The van der Waals surface area contributed by atoms with Gasteiger partial charge < -0.3 is 10.1 Å². The van der Waals surface area contributed by atoms with Crippen LogP contribution in [0.2, 0.25) is 0 Å². The fraction of sp³-hybridized carbons (Fsp3) is 0.250. The molecular formula is C20H21N3O. The molecule has 4 rings (SSSR count). The second-order valence-electron chi connectivity index (χ2n) is 6.21. The van der Waals surface area contributed by atoms with Gasteiger partial charge in [-0.25, -0.2) is 4.68 Å². The van der Waals surface area contributed by atoms with Crippen LogP contribution < -0.4 is 10.1 Å². The van der Waals surface area contributed by atoms with E-state index in [9.17, 15) is 0 Å². The normalized spacial score (nSPS) is 15.4. The van der Waals surface area contributed by atoms with Gasteiger partial charge in [0.15, 0.2) is 0 Å². The Hall–Kier alpha value is -2.75. The molecule has 0 saturated carbocycles. The Morgan fingerprint density at radius 3 is 2.62 bits per heavy atom. The zero-order valence-electron chi connectivity index (χ0n) is 14.2. The fourth-order valence-electron chi connectivity index (χ4n) is 3.26. The van der Waals surface area contributed by atoms with Crippen molar-refractivity contribution in [3.8, 4) is 17.0 Å². The van der Waals surface area contributed by atoms with Crippen LogP contribution in [0.4, 0.5) is 5.69 Å². The molecule has 0 bridgehead atoms. The number of rotatable bonds is 3. The van der Waals surface area contributed by atoms with Crippen LogP contribution in [0.25, 0.3) is 11.3 Å². The number of aryl methyl sites for hydroxylation is 2. The van der Waals surface area contributed by atoms with Crippen LogP contribution in [-0.2, 0) is 0 Å². The third kappa shape index (κ3) is 2.44. The molecule has 2 heterocycles. The van der Waals surface area contributed by atoms with Crippen molar-refractivity contribution < 1.29 is 4.74 Å². The molecule has 0 amide bonds.